The fraction of sp³-hybridized carbons (Fsp3) is 0.588. The maximum absolute atomic E-state index is 12.8. The molecule has 1 aliphatic rings. The van der Waals surface area contributed by atoms with Crippen molar-refractivity contribution >= 4 is 28.4 Å². The van der Waals surface area contributed by atoms with Gasteiger partial charge in [0.2, 0.25) is 10.0 Å². The quantitative estimate of drug-likeness (QED) is 0.666. The highest BCUT2D eigenvalue weighted by molar-refractivity contribution is 7.89. The van der Waals surface area contributed by atoms with Gasteiger partial charge in [-0.3, -0.25) is 0 Å². The predicted octanol–water partition coefficient (Wildman–Crippen LogP) is 1.50. The molecule has 0 amide bonds. The predicted molar refractivity (Wildman–Crippen MR) is 101 cm³/mol. The fourth-order valence-corrected chi connectivity index (χ4v) is 4.44. The van der Waals surface area contributed by atoms with Crippen molar-refractivity contribution in [2.75, 3.05) is 40.5 Å². The summed E-state index contributed by atoms with van der Waals surface area (Å²) in [6, 6.07) is 4.63. The molecule has 0 bridgehead atoms. The fourth-order valence-electron chi connectivity index (χ4n) is 3.11. The molecular weight excluding hydrogens is 380 g/mol. The Bertz CT molecular complexity index is 712. The van der Waals surface area contributed by atoms with Gasteiger partial charge in [-0.2, -0.15) is 0 Å². The van der Waals surface area contributed by atoms with Crippen LogP contribution in [0.1, 0.15) is 28.8 Å². The summed E-state index contributed by atoms with van der Waals surface area (Å²) in [4.78, 5) is 11.9. The Hall–Kier alpha value is -1.19. The van der Waals surface area contributed by atoms with Gasteiger partial charge in [-0.25, -0.2) is 17.9 Å². The minimum atomic E-state index is -3.85. The van der Waals surface area contributed by atoms with E-state index in [-0.39, 0.29) is 34.8 Å². The van der Waals surface area contributed by atoms with Crippen LogP contribution in [0.2, 0.25) is 0 Å². The number of aryl methyl sites for hydroxylation is 1. The van der Waals surface area contributed by atoms with Crippen LogP contribution < -0.4 is 10.0 Å². The first-order chi connectivity index (χ1) is 11.8. The number of rotatable bonds is 7. The molecule has 0 radical (unpaired) electrons. The van der Waals surface area contributed by atoms with Crippen LogP contribution in [-0.4, -0.2) is 54.8 Å². The van der Waals surface area contributed by atoms with Crippen LogP contribution in [0.15, 0.2) is 23.1 Å². The number of sulfonamides is 1. The molecule has 0 atom stereocenters. The molecule has 2 rings (SSSR count). The van der Waals surface area contributed by atoms with Gasteiger partial charge in [-0.05, 0) is 45.0 Å². The van der Waals surface area contributed by atoms with Gasteiger partial charge >= 0.3 is 5.97 Å². The highest BCUT2D eigenvalue weighted by Crippen LogP contribution is 2.29. The Kier molecular flexibility index (Phi) is 8.49. The molecular formula is C17H27ClN2O5S. The first kappa shape index (κ1) is 22.9. The van der Waals surface area contributed by atoms with Gasteiger partial charge in [-0.1, -0.05) is 11.6 Å². The molecule has 26 heavy (non-hydrogen) atoms. The molecule has 148 valence electrons. The van der Waals surface area contributed by atoms with Crippen molar-refractivity contribution in [2.24, 2.45) is 5.41 Å². The maximum Gasteiger partial charge on any atom is 0.339 e. The molecule has 1 aliphatic heterocycles. The van der Waals surface area contributed by atoms with Crippen LogP contribution in [0.3, 0.4) is 0 Å². The lowest BCUT2D eigenvalue weighted by Gasteiger charge is -2.37. The third-order valence-corrected chi connectivity index (χ3v) is 6.04. The molecule has 1 aromatic rings. The van der Waals surface area contributed by atoms with E-state index in [1.54, 1.807) is 20.1 Å². The summed E-state index contributed by atoms with van der Waals surface area (Å²) in [5, 5.41) is 3.27. The number of methoxy groups -OCH3 is 2. The molecule has 0 unspecified atom stereocenters. The summed E-state index contributed by atoms with van der Waals surface area (Å²) in [5.41, 5.74) is 0.582. The normalized spacial score (nSPS) is 16.6. The second kappa shape index (κ2) is 9.66. The molecule has 0 aromatic heterocycles. The average Bonchev–Trinajstić information content (AvgIpc) is 2.60. The largest absolute Gasteiger partial charge is 0.465 e. The van der Waals surface area contributed by atoms with Crippen molar-refractivity contribution in [2.45, 2.75) is 24.7 Å². The number of benzene rings is 1. The van der Waals surface area contributed by atoms with E-state index in [2.05, 4.69) is 10.0 Å². The first-order valence-corrected chi connectivity index (χ1v) is 9.70. The molecule has 9 heteroatoms. The van der Waals surface area contributed by atoms with Crippen LogP contribution in [0.25, 0.3) is 0 Å². The third-order valence-electron chi connectivity index (χ3n) is 4.58. The molecule has 2 N–H and O–H groups in total. The number of piperidine rings is 1. The lowest BCUT2D eigenvalue weighted by atomic mass is 9.80. The summed E-state index contributed by atoms with van der Waals surface area (Å²) in [7, 11) is -0.994. The smallest absolute Gasteiger partial charge is 0.339 e. The molecule has 1 aromatic carbocycles. The van der Waals surface area contributed by atoms with E-state index >= 15 is 0 Å². The molecule has 0 saturated carbocycles. The van der Waals surface area contributed by atoms with Gasteiger partial charge in [0.15, 0.2) is 0 Å². The van der Waals surface area contributed by atoms with Crippen molar-refractivity contribution < 1.29 is 22.7 Å². The van der Waals surface area contributed by atoms with Crippen molar-refractivity contribution in [1.29, 1.82) is 0 Å². The number of hydrogen-bond acceptors (Lipinski definition) is 6. The van der Waals surface area contributed by atoms with Gasteiger partial charge in [-0.15, -0.1) is 12.4 Å². The second-order valence-corrected chi connectivity index (χ2v) is 8.23. The van der Waals surface area contributed by atoms with E-state index in [0.717, 1.165) is 31.5 Å². The Morgan fingerprint density at radius 2 is 1.92 bits per heavy atom. The van der Waals surface area contributed by atoms with E-state index in [0.29, 0.717) is 6.61 Å². The van der Waals surface area contributed by atoms with Gasteiger partial charge in [0, 0.05) is 19.1 Å². The van der Waals surface area contributed by atoms with Crippen LogP contribution in [0.5, 0.6) is 0 Å². The molecule has 0 spiro atoms. The van der Waals surface area contributed by atoms with E-state index in [1.807, 2.05) is 0 Å². The zero-order valence-corrected chi connectivity index (χ0v) is 17.0. The lowest BCUT2D eigenvalue weighted by molar-refractivity contribution is 0.0576. The molecule has 1 fully saturated rings. The number of carbonyl (C=O) groups excluding carboxylic acids is 1. The van der Waals surface area contributed by atoms with Crippen LogP contribution >= 0.6 is 12.4 Å². The van der Waals surface area contributed by atoms with E-state index < -0.39 is 16.0 Å². The first-order valence-electron chi connectivity index (χ1n) is 8.22. The number of hydrogen-bond donors (Lipinski definition) is 2. The van der Waals surface area contributed by atoms with Crippen molar-refractivity contribution in [3.63, 3.8) is 0 Å². The highest BCUT2D eigenvalue weighted by Gasteiger charge is 2.34. The Morgan fingerprint density at radius 1 is 1.27 bits per heavy atom. The minimum Gasteiger partial charge on any atom is -0.465 e. The second-order valence-electron chi connectivity index (χ2n) is 6.50. The minimum absolute atomic E-state index is 0. The summed E-state index contributed by atoms with van der Waals surface area (Å²) < 4.78 is 38.3. The van der Waals surface area contributed by atoms with E-state index in [4.69, 9.17) is 9.47 Å². The van der Waals surface area contributed by atoms with E-state index in [9.17, 15) is 13.2 Å². The molecule has 1 heterocycles. The number of ether oxygens (including phenoxy) is 2. The van der Waals surface area contributed by atoms with Crippen LogP contribution in [0.4, 0.5) is 0 Å². The number of esters is 1. The van der Waals surface area contributed by atoms with Gasteiger partial charge in [0.1, 0.15) is 0 Å². The van der Waals surface area contributed by atoms with Crippen LogP contribution in [0, 0.1) is 12.3 Å². The maximum atomic E-state index is 12.8. The SMILES string of the molecule is COCC1(CNS(=O)(=O)c2ccc(C)cc2C(=O)OC)CCNCC1.Cl. The zero-order valence-electron chi connectivity index (χ0n) is 15.3. The summed E-state index contributed by atoms with van der Waals surface area (Å²) in [5.74, 6) is -0.669. The number of nitrogens with one attached hydrogen (secondary N) is 2. The molecule has 1 saturated heterocycles. The standard InChI is InChI=1S/C17H26N2O5S.ClH/c1-13-4-5-15(14(10-13)16(20)24-3)25(21,22)19-11-17(12-23-2)6-8-18-9-7-17;/h4-5,10,18-19H,6-9,11-12H2,1-3H3;1H. The summed E-state index contributed by atoms with van der Waals surface area (Å²) in [6.07, 6.45) is 1.64. The third kappa shape index (κ3) is 5.40. The van der Waals surface area contributed by atoms with Gasteiger partial charge in [0.05, 0.1) is 24.2 Å². The highest BCUT2D eigenvalue weighted by atomic mass is 35.5. The van der Waals surface area contributed by atoms with Gasteiger partial charge < -0.3 is 14.8 Å². The van der Waals surface area contributed by atoms with Crippen molar-refractivity contribution in [3.8, 4) is 0 Å². The average molecular weight is 407 g/mol. The molecule has 7 nitrogen and oxygen atoms in total. The summed E-state index contributed by atoms with van der Waals surface area (Å²) >= 11 is 0. The lowest BCUT2D eigenvalue weighted by Crippen LogP contribution is -2.47. The number of halogens is 1. The summed E-state index contributed by atoms with van der Waals surface area (Å²) in [6.45, 7) is 4.18. The topological polar surface area (TPSA) is 93.7 Å². The van der Waals surface area contributed by atoms with Gasteiger partial charge in [0.25, 0.3) is 0 Å². The van der Waals surface area contributed by atoms with Crippen molar-refractivity contribution in [1.82, 2.24) is 10.0 Å². The Labute approximate surface area is 161 Å². The van der Waals surface area contributed by atoms with E-state index in [1.165, 1.54) is 19.2 Å². The Balaban J connectivity index is 0.00000338. The Morgan fingerprint density at radius 3 is 2.50 bits per heavy atom. The van der Waals surface area contributed by atoms with Crippen molar-refractivity contribution in [3.05, 3.63) is 29.3 Å². The van der Waals surface area contributed by atoms with Crippen LogP contribution in [-0.2, 0) is 19.5 Å². The zero-order chi connectivity index (χ0) is 18.5. The number of carbonyl (C=O) groups is 1. The molecule has 0 aliphatic carbocycles. The monoisotopic (exact) mass is 406 g/mol.